The lowest BCUT2D eigenvalue weighted by Gasteiger charge is -2.40. The maximum absolute atomic E-state index is 11.7. The number of fused-ring (bicyclic) bond motifs is 3. The second kappa shape index (κ2) is 7.03. The standard InChI is InChI=1S/C22H18INO6/c23-14-9-17(25)28-15-8-12(6-7-13(14)15)24-18-19(26)20-16(29-21(18)24)10-27-22(30-20)11-4-2-1-3-5-11/h1-9,16,18-22,26H,10H2/t16?,18?,19-,20-,21+,22?,24?/m1/s1. The van der Waals surface area contributed by atoms with Crippen LogP contribution in [-0.2, 0) is 14.2 Å². The highest BCUT2D eigenvalue weighted by atomic mass is 127. The number of aliphatic hydroxyl groups excluding tert-OH is 1. The van der Waals surface area contributed by atoms with Crippen molar-refractivity contribution in [3.63, 3.8) is 0 Å². The fourth-order valence-corrected chi connectivity index (χ4v) is 5.12. The molecule has 4 heterocycles. The van der Waals surface area contributed by atoms with Crippen LogP contribution in [0.2, 0.25) is 0 Å². The molecule has 7 nitrogen and oxygen atoms in total. The molecule has 0 aliphatic carbocycles. The van der Waals surface area contributed by atoms with Gasteiger partial charge >= 0.3 is 5.63 Å². The summed E-state index contributed by atoms with van der Waals surface area (Å²) >= 11 is 2.12. The molecule has 3 fully saturated rings. The van der Waals surface area contributed by atoms with Crippen LogP contribution in [0, 0.1) is 3.57 Å². The normalized spacial score (nSPS) is 32.5. The third-order valence-corrected chi connectivity index (χ3v) is 6.80. The van der Waals surface area contributed by atoms with Crippen molar-refractivity contribution in [3.8, 4) is 0 Å². The molecule has 30 heavy (non-hydrogen) atoms. The zero-order valence-corrected chi connectivity index (χ0v) is 17.8. The minimum absolute atomic E-state index is 0.215. The molecular weight excluding hydrogens is 501 g/mol. The fourth-order valence-electron chi connectivity index (χ4n) is 4.42. The number of nitrogens with zero attached hydrogens (tertiary/aromatic N) is 1. The van der Waals surface area contributed by atoms with E-state index >= 15 is 0 Å². The summed E-state index contributed by atoms with van der Waals surface area (Å²) in [7, 11) is 0. The summed E-state index contributed by atoms with van der Waals surface area (Å²) in [6.07, 6.45) is -2.32. The van der Waals surface area contributed by atoms with Crippen LogP contribution in [0.5, 0.6) is 0 Å². The SMILES string of the molecule is O=c1cc(I)c2ccc(N3C4[C@@H](O)[C@@H]5OC(c6ccccc6)OCC5O[C@@H]43)cc2o1. The first-order chi connectivity index (χ1) is 14.6. The average molecular weight is 519 g/mol. The maximum Gasteiger partial charge on any atom is 0.337 e. The van der Waals surface area contributed by atoms with Crippen molar-refractivity contribution in [1.29, 1.82) is 0 Å². The fraction of sp³-hybridized carbons (Fsp3) is 0.318. The zero-order chi connectivity index (χ0) is 20.4. The first-order valence-corrected chi connectivity index (χ1v) is 10.9. The van der Waals surface area contributed by atoms with Gasteiger partial charge in [0.2, 0.25) is 0 Å². The molecule has 8 heteroatoms. The number of halogens is 1. The van der Waals surface area contributed by atoms with E-state index in [1.54, 1.807) is 0 Å². The molecule has 154 valence electrons. The Morgan fingerprint density at radius 1 is 1.07 bits per heavy atom. The Hall–Kier alpha value is -1.98. The van der Waals surface area contributed by atoms with Gasteiger partial charge in [-0.1, -0.05) is 30.3 Å². The molecule has 1 N–H and O–H groups in total. The zero-order valence-electron chi connectivity index (χ0n) is 15.7. The summed E-state index contributed by atoms with van der Waals surface area (Å²) < 4.78 is 24.3. The van der Waals surface area contributed by atoms with Crippen molar-refractivity contribution in [2.45, 2.75) is 36.9 Å². The molecular formula is C22H18INO6. The van der Waals surface area contributed by atoms with E-state index in [4.69, 9.17) is 18.6 Å². The highest BCUT2D eigenvalue weighted by Gasteiger charge is 2.62. The molecule has 0 saturated carbocycles. The van der Waals surface area contributed by atoms with Crippen molar-refractivity contribution in [2.24, 2.45) is 0 Å². The van der Waals surface area contributed by atoms with Gasteiger partial charge < -0.3 is 28.6 Å². The van der Waals surface area contributed by atoms with E-state index in [2.05, 4.69) is 22.6 Å². The van der Waals surface area contributed by atoms with Crippen molar-refractivity contribution in [2.75, 3.05) is 11.5 Å². The van der Waals surface area contributed by atoms with Gasteiger partial charge in [0, 0.05) is 32.3 Å². The first kappa shape index (κ1) is 18.8. The highest BCUT2D eigenvalue weighted by molar-refractivity contribution is 14.1. The van der Waals surface area contributed by atoms with Gasteiger partial charge in [0.1, 0.15) is 29.9 Å². The van der Waals surface area contributed by atoms with Crippen LogP contribution >= 0.6 is 22.6 Å². The second-order valence-electron chi connectivity index (χ2n) is 7.72. The topological polar surface area (TPSA) is 81.1 Å². The summed E-state index contributed by atoms with van der Waals surface area (Å²) in [5.41, 5.74) is 1.88. The van der Waals surface area contributed by atoms with Gasteiger partial charge in [-0.3, -0.25) is 0 Å². The summed E-state index contributed by atoms with van der Waals surface area (Å²) in [5.74, 6) is 0. The highest BCUT2D eigenvalue weighted by Crippen LogP contribution is 2.47. The monoisotopic (exact) mass is 519 g/mol. The lowest BCUT2D eigenvalue weighted by molar-refractivity contribution is -0.296. The number of benzene rings is 2. The quantitative estimate of drug-likeness (QED) is 0.317. The van der Waals surface area contributed by atoms with Crippen LogP contribution in [-0.4, -0.2) is 42.3 Å². The van der Waals surface area contributed by atoms with E-state index in [0.29, 0.717) is 12.2 Å². The number of hydrogen-bond acceptors (Lipinski definition) is 7. The van der Waals surface area contributed by atoms with Crippen LogP contribution in [0.4, 0.5) is 5.69 Å². The maximum atomic E-state index is 11.7. The Morgan fingerprint density at radius 3 is 2.73 bits per heavy atom. The molecule has 3 saturated heterocycles. The lowest BCUT2D eigenvalue weighted by atomic mass is 10.0. The van der Waals surface area contributed by atoms with Crippen LogP contribution in [0.15, 0.2) is 63.8 Å². The smallest absolute Gasteiger partial charge is 0.337 e. The average Bonchev–Trinajstić information content (AvgIpc) is 3.48. The van der Waals surface area contributed by atoms with E-state index in [9.17, 15) is 9.90 Å². The van der Waals surface area contributed by atoms with E-state index in [1.807, 2.05) is 53.4 Å². The summed E-state index contributed by atoms with van der Waals surface area (Å²) in [6.45, 7) is 0.350. The van der Waals surface area contributed by atoms with Gasteiger partial charge in [0.25, 0.3) is 0 Å². The molecule has 2 aromatic carbocycles. The first-order valence-electron chi connectivity index (χ1n) is 9.77. The third kappa shape index (κ3) is 2.97. The molecule has 0 amide bonds. The van der Waals surface area contributed by atoms with Gasteiger partial charge in [-0.2, -0.15) is 0 Å². The molecule has 3 aliphatic heterocycles. The van der Waals surface area contributed by atoms with Gasteiger partial charge in [0.05, 0.1) is 6.61 Å². The van der Waals surface area contributed by atoms with Gasteiger partial charge in [-0.25, -0.2) is 4.79 Å². The Bertz CT molecular complexity index is 1170. The van der Waals surface area contributed by atoms with Gasteiger partial charge in [-0.15, -0.1) is 0 Å². The van der Waals surface area contributed by atoms with E-state index in [-0.39, 0.29) is 24.0 Å². The van der Waals surface area contributed by atoms with Crippen molar-refractivity contribution < 1.29 is 23.7 Å². The molecule has 0 radical (unpaired) electrons. The van der Waals surface area contributed by atoms with Crippen molar-refractivity contribution >= 4 is 39.2 Å². The Kier molecular flexibility index (Phi) is 4.40. The Labute approximate surface area is 185 Å². The third-order valence-electron chi connectivity index (χ3n) is 5.91. The van der Waals surface area contributed by atoms with Gasteiger partial charge in [0.15, 0.2) is 12.5 Å². The number of rotatable bonds is 2. The lowest BCUT2D eigenvalue weighted by Crippen LogP contribution is -2.54. The summed E-state index contributed by atoms with van der Waals surface area (Å²) in [4.78, 5) is 13.7. The second-order valence-corrected chi connectivity index (χ2v) is 8.89. The number of hydrogen-bond donors (Lipinski definition) is 1. The molecule has 3 aliphatic rings. The number of aliphatic hydroxyl groups is 1. The van der Waals surface area contributed by atoms with Crippen LogP contribution in [0.3, 0.4) is 0 Å². The summed E-state index contributed by atoms with van der Waals surface area (Å²) in [5, 5.41) is 11.9. The summed E-state index contributed by atoms with van der Waals surface area (Å²) in [6, 6.07) is 16.6. The predicted octanol–water partition coefficient (Wildman–Crippen LogP) is 2.79. The number of ether oxygens (including phenoxy) is 3. The molecule has 6 rings (SSSR count). The molecule has 1 aromatic heterocycles. The van der Waals surface area contributed by atoms with Gasteiger partial charge in [-0.05, 0) is 34.7 Å². The molecule has 3 unspecified atom stereocenters. The Balaban J connectivity index is 1.26. The predicted molar refractivity (Wildman–Crippen MR) is 116 cm³/mol. The number of anilines is 1. The van der Waals surface area contributed by atoms with Crippen molar-refractivity contribution in [3.05, 3.63) is 74.2 Å². The van der Waals surface area contributed by atoms with E-state index in [0.717, 1.165) is 20.2 Å². The molecule has 0 spiro atoms. The van der Waals surface area contributed by atoms with Crippen LogP contribution < -0.4 is 10.5 Å². The molecule has 3 aromatic rings. The minimum atomic E-state index is -0.720. The minimum Gasteiger partial charge on any atom is -0.423 e. The van der Waals surface area contributed by atoms with E-state index in [1.165, 1.54) is 6.07 Å². The van der Waals surface area contributed by atoms with Crippen LogP contribution in [0.25, 0.3) is 11.0 Å². The van der Waals surface area contributed by atoms with Crippen molar-refractivity contribution in [1.82, 2.24) is 0 Å². The molecule has 0 bridgehead atoms. The van der Waals surface area contributed by atoms with E-state index < -0.39 is 18.5 Å². The van der Waals surface area contributed by atoms with Crippen LogP contribution in [0.1, 0.15) is 11.9 Å². The Morgan fingerprint density at radius 2 is 1.90 bits per heavy atom. The largest absolute Gasteiger partial charge is 0.423 e. The molecule has 6 atom stereocenters.